The van der Waals surface area contributed by atoms with Gasteiger partial charge in [0.2, 0.25) is 0 Å². The average Bonchev–Trinajstić information content (AvgIpc) is 2.90. The molecule has 0 unspecified atom stereocenters. The molecule has 0 bridgehead atoms. The number of benzene rings is 1. The first-order chi connectivity index (χ1) is 10.6. The molecular formula is C16H17BrN4O. The van der Waals surface area contributed by atoms with Crippen LogP contribution in [0.2, 0.25) is 0 Å². The van der Waals surface area contributed by atoms with Gasteiger partial charge in [-0.3, -0.25) is 4.79 Å². The molecule has 1 fully saturated rings. The SMILES string of the molecule is Cc1ccc2nn3c(C4CCNCC4)cc(=O)[nH]c3c2c1Br. The van der Waals surface area contributed by atoms with Gasteiger partial charge in [0.25, 0.3) is 5.56 Å². The van der Waals surface area contributed by atoms with Gasteiger partial charge in [-0.15, -0.1) is 0 Å². The number of fused-ring (bicyclic) bond motifs is 3. The summed E-state index contributed by atoms with van der Waals surface area (Å²) in [5, 5.41) is 9.08. The molecule has 3 heterocycles. The number of piperidine rings is 1. The number of hydrogen-bond donors (Lipinski definition) is 2. The van der Waals surface area contributed by atoms with Crippen LogP contribution < -0.4 is 10.9 Å². The van der Waals surface area contributed by atoms with Crippen molar-refractivity contribution in [2.75, 3.05) is 13.1 Å². The van der Waals surface area contributed by atoms with Crippen LogP contribution >= 0.6 is 15.9 Å². The van der Waals surface area contributed by atoms with Crippen molar-refractivity contribution in [3.8, 4) is 0 Å². The van der Waals surface area contributed by atoms with Gasteiger partial charge in [0.05, 0.1) is 16.6 Å². The molecule has 0 aliphatic carbocycles. The smallest absolute Gasteiger partial charge is 0.251 e. The molecule has 0 amide bonds. The molecule has 3 aromatic rings. The van der Waals surface area contributed by atoms with Gasteiger partial charge < -0.3 is 10.3 Å². The third-order valence-corrected chi connectivity index (χ3v) is 5.51. The Morgan fingerprint density at radius 2 is 2.09 bits per heavy atom. The van der Waals surface area contributed by atoms with E-state index in [0.29, 0.717) is 5.92 Å². The van der Waals surface area contributed by atoms with Crippen LogP contribution in [0.4, 0.5) is 0 Å². The summed E-state index contributed by atoms with van der Waals surface area (Å²) in [6.45, 7) is 4.02. The Morgan fingerprint density at radius 1 is 1.32 bits per heavy atom. The normalized spacial score (nSPS) is 16.6. The van der Waals surface area contributed by atoms with Crippen molar-refractivity contribution >= 4 is 32.5 Å². The van der Waals surface area contributed by atoms with Crippen LogP contribution in [0.15, 0.2) is 27.5 Å². The quantitative estimate of drug-likeness (QED) is 0.701. The van der Waals surface area contributed by atoms with Gasteiger partial charge in [-0.2, -0.15) is 5.10 Å². The third kappa shape index (κ3) is 2.09. The summed E-state index contributed by atoms with van der Waals surface area (Å²) < 4.78 is 2.92. The van der Waals surface area contributed by atoms with Gasteiger partial charge in [0.1, 0.15) is 5.65 Å². The lowest BCUT2D eigenvalue weighted by atomic mass is 9.94. The second-order valence-corrected chi connectivity index (χ2v) is 6.73. The van der Waals surface area contributed by atoms with E-state index < -0.39 is 0 Å². The van der Waals surface area contributed by atoms with Crippen molar-refractivity contribution in [1.29, 1.82) is 0 Å². The molecule has 1 aliphatic heterocycles. The molecule has 1 aliphatic rings. The Bertz CT molecular complexity index is 921. The third-order valence-electron chi connectivity index (χ3n) is 4.49. The Labute approximate surface area is 135 Å². The molecule has 22 heavy (non-hydrogen) atoms. The molecule has 0 radical (unpaired) electrons. The molecule has 2 aromatic heterocycles. The monoisotopic (exact) mass is 360 g/mol. The summed E-state index contributed by atoms with van der Waals surface area (Å²) in [5.74, 6) is 0.375. The summed E-state index contributed by atoms with van der Waals surface area (Å²) >= 11 is 3.64. The fraction of sp³-hybridized carbons (Fsp3) is 0.375. The maximum Gasteiger partial charge on any atom is 0.251 e. The summed E-state index contributed by atoms with van der Waals surface area (Å²) in [6, 6.07) is 5.75. The molecule has 5 nitrogen and oxygen atoms in total. The topological polar surface area (TPSA) is 62.2 Å². The first-order valence-corrected chi connectivity index (χ1v) is 8.36. The Morgan fingerprint density at radius 3 is 2.86 bits per heavy atom. The van der Waals surface area contributed by atoms with Gasteiger partial charge >= 0.3 is 0 Å². The number of nitrogens with zero attached hydrogens (tertiary/aromatic N) is 2. The lowest BCUT2D eigenvalue weighted by molar-refractivity contribution is 0.446. The minimum Gasteiger partial charge on any atom is -0.317 e. The van der Waals surface area contributed by atoms with Crippen molar-refractivity contribution in [2.45, 2.75) is 25.7 Å². The Hall–Kier alpha value is -1.66. The number of aromatic nitrogens is 3. The number of aryl methyl sites for hydroxylation is 1. The molecule has 1 aromatic carbocycles. The number of halogens is 1. The van der Waals surface area contributed by atoms with E-state index in [1.807, 2.05) is 23.6 Å². The number of rotatable bonds is 1. The van der Waals surface area contributed by atoms with Crippen molar-refractivity contribution in [3.05, 3.63) is 44.3 Å². The number of aromatic amines is 1. The molecule has 4 rings (SSSR count). The summed E-state index contributed by atoms with van der Waals surface area (Å²) in [4.78, 5) is 15.1. The Kier molecular flexibility index (Phi) is 3.31. The zero-order chi connectivity index (χ0) is 15.3. The highest BCUT2D eigenvalue weighted by Gasteiger charge is 2.21. The van der Waals surface area contributed by atoms with Crippen LogP contribution in [-0.4, -0.2) is 27.7 Å². The maximum absolute atomic E-state index is 12.2. The molecule has 6 heteroatoms. The first-order valence-electron chi connectivity index (χ1n) is 7.56. The van der Waals surface area contributed by atoms with Gasteiger partial charge in [0.15, 0.2) is 0 Å². The van der Waals surface area contributed by atoms with E-state index in [9.17, 15) is 4.79 Å². The fourth-order valence-electron chi connectivity index (χ4n) is 3.30. The molecular weight excluding hydrogens is 344 g/mol. The van der Waals surface area contributed by atoms with Crippen LogP contribution in [0.1, 0.15) is 30.0 Å². The van der Waals surface area contributed by atoms with Gasteiger partial charge in [-0.25, -0.2) is 4.52 Å². The lowest BCUT2D eigenvalue weighted by Crippen LogP contribution is -2.28. The maximum atomic E-state index is 12.2. The lowest BCUT2D eigenvalue weighted by Gasteiger charge is -2.23. The highest BCUT2D eigenvalue weighted by molar-refractivity contribution is 9.10. The predicted octanol–water partition coefficient (Wildman–Crippen LogP) is 2.71. The van der Waals surface area contributed by atoms with E-state index >= 15 is 0 Å². The van der Waals surface area contributed by atoms with Crippen molar-refractivity contribution in [2.24, 2.45) is 0 Å². The highest BCUT2D eigenvalue weighted by atomic mass is 79.9. The average molecular weight is 361 g/mol. The zero-order valence-electron chi connectivity index (χ0n) is 12.3. The van der Waals surface area contributed by atoms with Crippen molar-refractivity contribution in [1.82, 2.24) is 19.9 Å². The van der Waals surface area contributed by atoms with E-state index in [1.165, 1.54) is 0 Å². The molecule has 2 N–H and O–H groups in total. The summed E-state index contributed by atoms with van der Waals surface area (Å²) in [7, 11) is 0. The second-order valence-electron chi connectivity index (χ2n) is 5.93. The van der Waals surface area contributed by atoms with Crippen LogP contribution in [0.3, 0.4) is 0 Å². The van der Waals surface area contributed by atoms with Gasteiger partial charge in [-0.1, -0.05) is 6.07 Å². The number of hydrogen-bond acceptors (Lipinski definition) is 3. The van der Waals surface area contributed by atoms with E-state index in [0.717, 1.165) is 58.2 Å². The Balaban J connectivity index is 2.06. The molecule has 1 saturated heterocycles. The largest absolute Gasteiger partial charge is 0.317 e. The zero-order valence-corrected chi connectivity index (χ0v) is 13.9. The molecule has 0 atom stereocenters. The van der Waals surface area contributed by atoms with Crippen LogP contribution in [0, 0.1) is 6.92 Å². The van der Waals surface area contributed by atoms with Gasteiger partial charge in [0, 0.05) is 16.5 Å². The minimum absolute atomic E-state index is 0.0590. The number of H-pyrrole nitrogens is 1. The molecule has 0 saturated carbocycles. The van der Waals surface area contributed by atoms with E-state index in [-0.39, 0.29) is 5.56 Å². The van der Waals surface area contributed by atoms with Crippen molar-refractivity contribution in [3.63, 3.8) is 0 Å². The summed E-state index contributed by atoms with van der Waals surface area (Å²) in [5.41, 5.74) is 3.77. The van der Waals surface area contributed by atoms with Crippen LogP contribution in [0.5, 0.6) is 0 Å². The summed E-state index contributed by atoms with van der Waals surface area (Å²) in [6.07, 6.45) is 2.07. The van der Waals surface area contributed by atoms with Crippen LogP contribution in [0.25, 0.3) is 16.6 Å². The van der Waals surface area contributed by atoms with E-state index in [2.05, 4.69) is 26.2 Å². The second kappa shape index (κ2) is 5.21. The fourth-order valence-corrected chi connectivity index (χ4v) is 3.82. The first kappa shape index (κ1) is 14.0. The van der Waals surface area contributed by atoms with E-state index in [1.54, 1.807) is 6.07 Å². The minimum atomic E-state index is -0.0590. The van der Waals surface area contributed by atoms with Crippen LogP contribution in [-0.2, 0) is 0 Å². The molecule has 0 spiro atoms. The highest BCUT2D eigenvalue weighted by Crippen LogP contribution is 2.32. The van der Waals surface area contributed by atoms with Gasteiger partial charge in [-0.05, 0) is 60.4 Å². The molecule has 114 valence electrons. The van der Waals surface area contributed by atoms with E-state index in [4.69, 9.17) is 5.10 Å². The number of nitrogens with one attached hydrogen (secondary N) is 2. The van der Waals surface area contributed by atoms with Crippen molar-refractivity contribution < 1.29 is 0 Å². The standard InChI is InChI=1S/C16H17BrN4O/c1-9-2-3-11-14(15(9)17)16-19-13(22)8-12(21(16)20-11)10-4-6-18-7-5-10/h2-3,8,10,18H,4-7H2,1H3,(H,19,22). The predicted molar refractivity (Wildman–Crippen MR) is 90.6 cm³/mol.